The molecular weight excluding hydrogens is 294 g/mol. The van der Waals surface area contributed by atoms with E-state index in [4.69, 9.17) is 0 Å². The number of urea groups is 1. The Morgan fingerprint density at radius 2 is 2.14 bits per heavy atom. The molecule has 0 aromatic heterocycles. The zero-order chi connectivity index (χ0) is 16.1. The van der Waals surface area contributed by atoms with Gasteiger partial charge in [-0.1, -0.05) is 6.07 Å². The van der Waals surface area contributed by atoms with Gasteiger partial charge in [-0.2, -0.15) is 11.8 Å². The summed E-state index contributed by atoms with van der Waals surface area (Å²) in [5.41, 5.74) is 3.33. The molecule has 5 heteroatoms. The molecule has 1 aliphatic rings. The quantitative estimate of drug-likeness (QED) is 0.928. The van der Waals surface area contributed by atoms with Gasteiger partial charge in [-0.15, -0.1) is 0 Å². The van der Waals surface area contributed by atoms with Crippen LogP contribution in [0.3, 0.4) is 0 Å². The molecule has 1 unspecified atom stereocenters. The third-order valence-electron chi connectivity index (χ3n) is 4.03. The third kappa shape index (κ3) is 4.65. The van der Waals surface area contributed by atoms with Gasteiger partial charge in [0.25, 0.3) is 0 Å². The molecule has 1 fully saturated rings. The van der Waals surface area contributed by atoms with E-state index in [-0.39, 0.29) is 12.1 Å². The number of anilines is 1. The van der Waals surface area contributed by atoms with Gasteiger partial charge >= 0.3 is 6.03 Å². The molecule has 4 nitrogen and oxygen atoms in total. The Kier molecular flexibility index (Phi) is 6.15. The van der Waals surface area contributed by atoms with Crippen LogP contribution in [-0.2, 0) is 0 Å². The third-order valence-corrected chi connectivity index (χ3v) is 5.23. The lowest BCUT2D eigenvalue weighted by atomic mass is 10.1. The van der Waals surface area contributed by atoms with Gasteiger partial charge in [0.05, 0.1) is 6.04 Å². The molecule has 2 amide bonds. The van der Waals surface area contributed by atoms with Gasteiger partial charge in [-0.05, 0) is 63.4 Å². The van der Waals surface area contributed by atoms with Gasteiger partial charge in [0.15, 0.2) is 0 Å². The van der Waals surface area contributed by atoms with E-state index >= 15 is 0 Å². The van der Waals surface area contributed by atoms with Crippen LogP contribution in [0.25, 0.3) is 0 Å². The van der Waals surface area contributed by atoms with Crippen molar-refractivity contribution in [2.75, 3.05) is 44.0 Å². The number of nitrogens with one attached hydrogen (secondary N) is 1. The van der Waals surface area contributed by atoms with E-state index in [1.807, 2.05) is 28.8 Å². The van der Waals surface area contributed by atoms with Gasteiger partial charge in [0.2, 0.25) is 0 Å². The predicted octanol–water partition coefficient (Wildman–Crippen LogP) is 3.20. The molecule has 1 aromatic carbocycles. The summed E-state index contributed by atoms with van der Waals surface area (Å²) in [5.74, 6) is 2.15. The van der Waals surface area contributed by atoms with E-state index in [1.165, 1.54) is 11.1 Å². The predicted molar refractivity (Wildman–Crippen MR) is 95.9 cm³/mol. The molecule has 0 saturated carbocycles. The number of thioether (sulfide) groups is 1. The molecule has 0 bridgehead atoms. The number of aryl methyl sites for hydroxylation is 2. The number of carbonyl (C=O) groups is 1. The first-order chi connectivity index (χ1) is 10.5. The second kappa shape index (κ2) is 7.88. The van der Waals surface area contributed by atoms with Crippen molar-refractivity contribution < 1.29 is 4.79 Å². The molecule has 1 saturated heterocycles. The minimum absolute atomic E-state index is 0.0256. The first kappa shape index (κ1) is 17.2. The largest absolute Gasteiger partial charge is 0.322 e. The number of rotatable bonds is 3. The summed E-state index contributed by atoms with van der Waals surface area (Å²) in [6.45, 7) is 5.90. The van der Waals surface area contributed by atoms with E-state index in [2.05, 4.69) is 44.2 Å². The smallest absolute Gasteiger partial charge is 0.319 e. The Balaban J connectivity index is 2.08. The van der Waals surface area contributed by atoms with Crippen LogP contribution < -0.4 is 5.32 Å². The molecule has 122 valence electrons. The summed E-state index contributed by atoms with van der Waals surface area (Å²) in [4.78, 5) is 16.9. The van der Waals surface area contributed by atoms with Crippen LogP contribution in [0.4, 0.5) is 10.5 Å². The van der Waals surface area contributed by atoms with Gasteiger partial charge in [0, 0.05) is 24.5 Å². The highest BCUT2D eigenvalue weighted by Crippen LogP contribution is 2.19. The number of hydrogen-bond donors (Lipinski definition) is 1. The lowest BCUT2D eigenvalue weighted by Gasteiger charge is -2.31. The molecule has 22 heavy (non-hydrogen) atoms. The monoisotopic (exact) mass is 321 g/mol. The number of likely N-dealkylation sites (N-methyl/N-ethyl adjacent to an activating group) is 1. The Hall–Kier alpha value is -1.20. The van der Waals surface area contributed by atoms with E-state index in [0.29, 0.717) is 0 Å². The summed E-state index contributed by atoms with van der Waals surface area (Å²) in [6.07, 6.45) is 1.06. The highest BCUT2D eigenvalue weighted by atomic mass is 32.2. The molecule has 0 spiro atoms. The van der Waals surface area contributed by atoms with Crippen molar-refractivity contribution in [1.29, 1.82) is 0 Å². The van der Waals surface area contributed by atoms with Crippen molar-refractivity contribution in [1.82, 2.24) is 9.80 Å². The Bertz CT molecular complexity index is 519. The molecule has 1 atom stereocenters. The van der Waals surface area contributed by atoms with Gasteiger partial charge in [-0.25, -0.2) is 4.79 Å². The van der Waals surface area contributed by atoms with E-state index < -0.39 is 0 Å². The van der Waals surface area contributed by atoms with Crippen LogP contribution in [0.1, 0.15) is 17.5 Å². The van der Waals surface area contributed by atoms with E-state index in [9.17, 15) is 4.79 Å². The number of benzene rings is 1. The van der Waals surface area contributed by atoms with Crippen molar-refractivity contribution >= 4 is 23.5 Å². The zero-order valence-electron chi connectivity index (χ0n) is 14.1. The number of amides is 2. The average Bonchev–Trinajstić information content (AvgIpc) is 2.68. The van der Waals surface area contributed by atoms with Gasteiger partial charge in [0.1, 0.15) is 0 Å². The second-order valence-corrected chi connectivity index (χ2v) is 7.42. The molecule has 0 radical (unpaired) electrons. The van der Waals surface area contributed by atoms with Crippen molar-refractivity contribution in [3.63, 3.8) is 0 Å². The molecule has 1 aliphatic heterocycles. The normalized spacial score (nSPS) is 19.1. The fourth-order valence-electron chi connectivity index (χ4n) is 2.68. The summed E-state index contributed by atoms with van der Waals surface area (Å²) in [6, 6.07) is 6.38. The number of carbonyl (C=O) groups excluding carboxylic acids is 1. The van der Waals surface area contributed by atoms with Crippen LogP contribution in [0.5, 0.6) is 0 Å². The fraction of sp³-hybridized carbons (Fsp3) is 0.588. The Labute approximate surface area is 138 Å². The van der Waals surface area contributed by atoms with Crippen LogP contribution in [-0.4, -0.2) is 60.6 Å². The number of hydrogen-bond acceptors (Lipinski definition) is 3. The maximum atomic E-state index is 12.7. The summed E-state index contributed by atoms with van der Waals surface area (Å²) in [5, 5.41) is 3.07. The fourth-order valence-corrected chi connectivity index (χ4v) is 3.74. The maximum absolute atomic E-state index is 12.7. The summed E-state index contributed by atoms with van der Waals surface area (Å²) in [7, 11) is 4.13. The first-order valence-corrected chi connectivity index (χ1v) is 9.00. The minimum Gasteiger partial charge on any atom is -0.319 e. The second-order valence-electron chi connectivity index (χ2n) is 6.27. The lowest BCUT2D eigenvalue weighted by Crippen LogP contribution is -2.48. The van der Waals surface area contributed by atoms with Crippen LogP contribution in [0.15, 0.2) is 18.2 Å². The summed E-state index contributed by atoms with van der Waals surface area (Å²) >= 11 is 1.95. The van der Waals surface area contributed by atoms with Crippen LogP contribution in [0, 0.1) is 13.8 Å². The Morgan fingerprint density at radius 1 is 1.36 bits per heavy atom. The highest BCUT2D eigenvalue weighted by molar-refractivity contribution is 7.99. The topological polar surface area (TPSA) is 35.6 Å². The first-order valence-electron chi connectivity index (χ1n) is 7.84. The Morgan fingerprint density at radius 3 is 2.82 bits per heavy atom. The lowest BCUT2D eigenvalue weighted by molar-refractivity contribution is 0.180. The van der Waals surface area contributed by atoms with Gasteiger partial charge in [-0.3, -0.25) is 0 Å². The zero-order valence-corrected chi connectivity index (χ0v) is 14.9. The van der Waals surface area contributed by atoms with E-state index in [0.717, 1.165) is 36.7 Å². The number of nitrogens with zero attached hydrogens (tertiary/aromatic N) is 2. The van der Waals surface area contributed by atoms with Crippen molar-refractivity contribution in [3.8, 4) is 0 Å². The van der Waals surface area contributed by atoms with Crippen LogP contribution in [0.2, 0.25) is 0 Å². The average molecular weight is 321 g/mol. The van der Waals surface area contributed by atoms with Crippen molar-refractivity contribution in [2.24, 2.45) is 0 Å². The van der Waals surface area contributed by atoms with Crippen molar-refractivity contribution in [3.05, 3.63) is 29.3 Å². The molecule has 1 aromatic rings. The minimum atomic E-state index is 0.0256. The maximum Gasteiger partial charge on any atom is 0.322 e. The molecule has 0 aliphatic carbocycles. The van der Waals surface area contributed by atoms with E-state index in [1.54, 1.807) is 0 Å². The SMILES string of the molecule is Cc1ccc(NC(=O)N2CCCSCC2CN(C)C)cc1C. The molecule has 2 rings (SSSR count). The highest BCUT2D eigenvalue weighted by Gasteiger charge is 2.26. The van der Waals surface area contributed by atoms with Crippen molar-refractivity contribution in [2.45, 2.75) is 26.3 Å². The molecule has 1 N–H and O–H groups in total. The van der Waals surface area contributed by atoms with Gasteiger partial charge < -0.3 is 15.1 Å². The molecular formula is C17H27N3OS. The van der Waals surface area contributed by atoms with Crippen LogP contribution >= 0.6 is 11.8 Å². The standard InChI is InChI=1S/C17H27N3OS/c1-13-6-7-15(10-14(13)2)18-17(21)20-8-5-9-22-12-16(20)11-19(3)4/h6-7,10,16H,5,8-9,11-12H2,1-4H3,(H,18,21). The molecule has 1 heterocycles. The summed E-state index contributed by atoms with van der Waals surface area (Å²) < 4.78 is 0.